The van der Waals surface area contributed by atoms with Crippen molar-refractivity contribution in [1.29, 1.82) is 0 Å². The van der Waals surface area contributed by atoms with Crippen LogP contribution in [0.1, 0.15) is 6.42 Å². The molecule has 0 saturated carbocycles. The van der Waals surface area contributed by atoms with Crippen LogP contribution < -0.4 is 51.4 Å². The quantitative estimate of drug-likeness (QED) is 0.698. The van der Waals surface area contributed by atoms with E-state index in [1.165, 1.54) is 12.1 Å². The van der Waals surface area contributed by atoms with Crippen molar-refractivity contribution in [3.63, 3.8) is 0 Å². The van der Waals surface area contributed by atoms with Crippen molar-refractivity contribution >= 4 is 16.8 Å². The van der Waals surface area contributed by atoms with E-state index in [9.17, 15) is 21.4 Å². The summed E-state index contributed by atoms with van der Waals surface area (Å²) in [5, 5.41) is 0. The zero-order valence-corrected chi connectivity index (χ0v) is 13.4. The van der Waals surface area contributed by atoms with Gasteiger partial charge in [-0.1, -0.05) is 30.9 Å². The average molecular weight is 290 g/mol. The normalized spacial score (nSPS) is 11.9. The van der Waals surface area contributed by atoms with Crippen molar-refractivity contribution < 1.29 is 72.7 Å². The summed E-state index contributed by atoms with van der Waals surface area (Å²) in [6, 6.07) is 7.50. The van der Waals surface area contributed by atoms with Crippen LogP contribution in [-0.2, 0) is 9.84 Å². The molecule has 1 aromatic rings. The van der Waals surface area contributed by atoms with Gasteiger partial charge >= 0.3 is 58.4 Å². The number of rotatable bonds is 5. The molecule has 0 N–H and O–H groups in total. The molecule has 0 spiro atoms. The molecule has 0 aromatic heterocycles. The first-order valence-corrected chi connectivity index (χ1v) is 6.45. The van der Waals surface area contributed by atoms with Crippen LogP contribution >= 0.6 is 0 Å². The summed E-state index contributed by atoms with van der Waals surface area (Å²) in [5.41, 5.74) is 0. The molecular weight excluding hydrogens is 279 g/mol. The van der Waals surface area contributed by atoms with Gasteiger partial charge in [0.15, 0.2) is 9.84 Å². The molecule has 1 rings (SSSR count). The molecule has 0 unspecified atom stereocenters. The minimum Gasteiger partial charge on any atom is -0.449 e. The SMILES string of the molecule is O=S(=O)(CCC[B-](F)(F)F)c1ccccc1.[K+]. The van der Waals surface area contributed by atoms with Crippen molar-refractivity contribution in [3.8, 4) is 0 Å². The molecule has 0 fully saturated rings. The molecule has 0 amide bonds. The Morgan fingerprint density at radius 1 is 1.06 bits per heavy atom. The van der Waals surface area contributed by atoms with Gasteiger partial charge in [0, 0.05) is 0 Å². The molecule has 17 heavy (non-hydrogen) atoms. The van der Waals surface area contributed by atoms with E-state index in [-0.39, 0.29) is 62.7 Å². The predicted octanol–water partition coefficient (Wildman–Crippen LogP) is -0.298. The maximum Gasteiger partial charge on any atom is 1.00 e. The zero-order chi connectivity index (χ0) is 12.2. The Kier molecular flexibility index (Phi) is 7.58. The van der Waals surface area contributed by atoms with Gasteiger partial charge in [0.25, 0.3) is 0 Å². The standard InChI is InChI=1S/C9H11BF3O2S.K/c11-10(12,13)7-4-8-16(14,15)9-5-2-1-3-6-9;/h1-3,5-6H,4,7-8H2;/q-1;+1. The molecule has 2 nitrogen and oxygen atoms in total. The molecule has 0 heterocycles. The second kappa shape index (κ2) is 7.30. The Morgan fingerprint density at radius 3 is 2.06 bits per heavy atom. The van der Waals surface area contributed by atoms with E-state index in [0.29, 0.717) is 0 Å². The van der Waals surface area contributed by atoms with E-state index in [4.69, 9.17) is 0 Å². The third-order valence-corrected chi connectivity index (χ3v) is 3.86. The maximum atomic E-state index is 11.9. The van der Waals surface area contributed by atoms with E-state index in [0.717, 1.165) is 0 Å². The Bertz CT molecular complexity index is 433. The minimum absolute atomic E-state index is 0. The second-order valence-corrected chi connectivity index (χ2v) is 5.59. The summed E-state index contributed by atoms with van der Waals surface area (Å²) in [5.74, 6) is -0.460. The topological polar surface area (TPSA) is 34.1 Å². The van der Waals surface area contributed by atoms with Gasteiger partial charge in [0.2, 0.25) is 0 Å². The second-order valence-electron chi connectivity index (χ2n) is 3.48. The van der Waals surface area contributed by atoms with Gasteiger partial charge in [-0.15, -0.1) is 0 Å². The van der Waals surface area contributed by atoms with E-state index in [1.807, 2.05) is 0 Å². The third kappa shape index (κ3) is 6.97. The fourth-order valence-electron chi connectivity index (χ4n) is 1.25. The molecule has 0 bridgehead atoms. The van der Waals surface area contributed by atoms with Crippen molar-refractivity contribution in [1.82, 2.24) is 0 Å². The van der Waals surface area contributed by atoms with Gasteiger partial charge in [-0.25, -0.2) is 8.42 Å². The van der Waals surface area contributed by atoms with Gasteiger partial charge in [0.05, 0.1) is 10.6 Å². The van der Waals surface area contributed by atoms with Crippen LogP contribution in [0.15, 0.2) is 35.2 Å². The first kappa shape index (κ1) is 17.7. The molecule has 0 radical (unpaired) electrons. The van der Waals surface area contributed by atoms with Crippen LogP contribution in [0, 0.1) is 0 Å². The van der Waals surface area contributed by atoms with Crippen LogP contribution in [-0.4, -0.2) is 21.1 Å². The van der Waals surface area contributed by atoms with Crippen LogP contribution in [0.5, 0.6) is 0 Å². The molecule has 0 saturated heterocycles. The number of hydrogen-bond acceptors (Lipinski definition) is 2. The summed E-state index contributed by atoms with van der Waals surface area (Å²) in [6.45, 7) is -4.89. The molecule has 8 heteroatoms. The van der Waals surface area contributed by atoms with Gasteiger partial charge in [-0.2, -0.15) is 0 Å². The van der Waals surface area contributed by atoms with E-state index >= 15 is 0 Å². The van der Waals surface area contributed by atoms with Crippen molar-refractivity contribution in [3.05, 3.63) is 30.3 Å². The van der Waals surface area contributed by atoms with Crippen LogP contribution in [0.4, 0.5) is 12.9 Å². The molecule has 0 aliphatic heterocycles. The van der Waals surface area contributed by atoms with Gasteiger partial charge in [0.1, 0.15) is 0 Å². The Hall–Kier alpha value is 0.661. The Morgan fingerprint density at radius 2 is 1.59 bits per heavy atom. The minimum atomic E-state index is -4.89. The van der Waals surface area contributed by atoms with Crippen molar-refractivity contribution in [2.45, 2.75) is 17.6 Å². The molecule has 0 atom stereocenters. The molecule has 0 aliphatic carbocycles. The molecule has 1 aromatic carbocycles. The van der Waals surface area contributed by atoms with Gasteiger partial charge in [-0.05, 0) is 12.1 Å². The van der Waals surface area contributed by atoms with Gasteiger partial charge < -0.3 is 12.9 Å². The summed E-state index contributed by atoms with van der Waals surface area (Å²) in [6.07, 6.45) is -1.38. The summed E-state index contributed by atoms with van der Waals surface area (Å²) in [7, 11) is -3.57. The maximum absolute atomic E-state index is 11.9. The first-order chi connectivity index (χ1) is 7.31. The molecule has 90 valence electrons. The third-order valence-electron chi connectivity index (χ3n) is 2.05. The summed E-state index contributed by atoms with van der Waals surface area (Å²) >= 11 is 0. The predicted molar refractivity (Wildman–Crippen MR) is 57.0 cm³/mol. The largest absolute Gasteiger partial charge is 1.00 e. The van der Waals surface area contributed by atoms with E-state index in [1.54, 1.807) is 18.2 Å². The fourth-order valence-corrected chi connectivity index (χ4v) is 2.60. The zero-order valence-electron chi connectivity index (χ0n) is 9.44. The monoisotopic (exact) mass is 290 g/mol. The summed E-state index contributed by atoms with van der Waals surface area (Å²) in [4.78, 5) is 0.0738. The Balaban J connectivity index is 0.00000256. The Labute approximate surface area is 141 Å². The summed E-state index contributed by atoms with van der Waals surface area (Å²) < 4.78 is 58.8. The smallest absolute Gasteiger partial charge is 0.449 e. The van der Waals surface area contributed by atoms with Gasteiger partial charge in [-0.3, -0.25) is 0 Å². The van der Waals surface area contributed by atoms with Crippen LogP contribution in [0.3, 0.4) is 0 Å². The molecular formula is C9H11BF3KO2S. The van der Waals surface area contributed by atoms with E-state index < -0.39 is 28.9 Å². The number of halogens is 3. The number of sulfone groups is 1. The molecule has 0 aliphatic rings. The first-order valence-electron chi connectivity index (χ1n) is 4.80. The number of benzene rings is 1. The van der Waals surface area contributed by atoms with Crippen LogP contribution in [0.25, 0.3) is 0 Å². The fraction of sp³-hybridized carbons (Fsp3) is 0.333. The average Bonchev–Trinajstić information content (AvgIpc) is 2.17. The number of hydrogen-bond donors (Lipinski definition) is 0. The van der Waals surface area contributed by atoms with Crippen molar-refractivity contribution in [2.24, 2.45) is 0 Å². The van der Waals surface area contributed by atoms with Crippen molar-refractivity contribution in [2.75, 3.05) is 5.75 Å². The van der Waals surface area contributed by atoms with Crippen LogP contribution in [0.2, 0.25) is 6.32 Å². The van der Waals surface area contributed by atoms with E-state index in [2.05, 4.69) is 0 Å².